The molecule has 2 saturated heterocycles. The van der Waals surface area contributed by atoms with Crippen LogP contribution in [0.15, 0.2) is 0 Å². The summed E-state index contributed by atoms with van der Waals surface area (Å²) in [5.41, 5.74) is -0.189. The van der Waals surface area contributed by atoms with E-state index in [1.54, 1.807) is 7.11 Å². The van der Waals surface area contributed by atoms with Crippen molar-refractivity contribution in [2.45, 2.75) is 44.6 Å². The Labute approximate surface area is 138 Å². The number of methoxy groups -OCH3 is 1. The summed E-state index contributed by atoms with van der Waals surface area (Å²) in [6, 6.07) is 0.196. The number of likely N-dealkylation sites (tertiary alicyclic amines) is 1. The van der Waals surface area contributed by atoms with E-state index < -0.39 is 0 Å². The molecule has 23 heavy (non-hydrogen) atoms. The molecule has 0 aromatic heterocycles. The van der Waals surface area contributed by atoms with Crippen LogP contribution in [0.2, 0.25) is 0 Å². The second-order valence-corrected chi connectivity index (χ2v) is 7.19. The highest BCUT2D eigenvalue weighted by molar-refractivity contribution is 5.84. The lowest BCUT2D eigenvalue weighted by Gasteiger charge is -2.47. The van der Waals surface area contributed by atoms with Crippen LogP contribution in [0, 0.1) is 5.41 Å². The van der Waals surface area contributed by atoms with E-state index in [1.165, 1.54) is 0 Å². The normalized spacial score (nSPS) is 27.7. The first-order chi connectivity index (χ1) is 11.2. The first-order valence-corrected chi connectivity index (χ1v) is 8.95. The summed E-state index contributed by atoms with van der Waals surface area (Å²) in [6.45, 7) is 4.25. The second-order valence-electron chi connectivity index (χ2n) is 7.19. The Bertz CT molecular complexity index is 450. The minimum Gasteiger partial charge on any atom is -0.385 e. The molecule has 0 aromatic rings. The number of amides is 2. The van der Waals surface area contributed by atoms with Crippen molar-refractivity contribution in [1.29, 1.82) is 0 Å². The third-order valence-corrected chi connectivity index (χ3v) is 5.80. The van der Waals surface area contributed by atoms with Crippen molar-refractivity contribution in [3.63, 3.8) is 0 Å². The molecule has 2 heterocycles. The largest absolute Gasteiger partial charge is 0.385 e. The van der Waals surface area contributed by atoms with Gasteiger partial charge in [0.2, 0.25) is 11.8 Å². The van der Waals surface area contributed by atoms with E-state index in [0.29, 0.717) is 25.6 Å². The standard InChI is InChI=1S/C17H29N3O3/c1-23-11-7-17(5-3-6-17)16(22)19-9-2-4-14(13-19)20-10-8-18-12-15(20)21/h14,18H,2-13H2,1H3. The molecule has 130 valence electrons. The molecular weight excluding hydrogens is 294 g/mol. The fourth-order valence-electron chi connectivity index (χ4n) is 4.21. The van der Waals surface area contributed by atoms with Crippen molar-refractivity contribution < 1.29 is 14.3 Å². The molecule has 1 atom stereocenters. The molecule has 1 N–H and O–H groups in total. The predicted octanol–water partition coefficient (Wildman–Crippen LogP) is 0.616. The minimum atomic E-state index is -0.189. The highest BCUT2D eigenvalue weighted by Gasteiger charge is 2.46. The Morgan fingerprint density at radius 3 is 2.83 bits per heavy atom. The number of hydrogen-bond donors (Lipinski definition) is 1. The van der Waals surface area contributed by atoms with E-state index in [4.69, 9.17) is 4.74 Å². The van der Waals surface area contributed by atoms with Crippen LogP contribution in [-0.4, -0.2) is 74.1 Å². The fraction of sp³-hybridized carbons (Fsp3) is 0.882. The molecule has 6 nitrogen and oxygen atoms in total. The lowest BCUT2D eigenvalue weighted by molar-refractivity contribution is -0.153. The first kappa shape index (κ1) is 16.7. The third-order valence-electron chi connectivity index (χ3n) is 5.80. The maximum Gasteiger partial charge on any atom is 0.236 e. The second kappa shape index (κ2) is 7.18. The van der Waals surface area contributed by atoms with Gasteiger partial charge in [0.05, 0.1) is 12.0 Å². The molecule has 1 aliphatic carbocycles. The number of piperidine rings is 1. The molecule has 3 rings (SSSR count). The van der Waals surface area contributed by atoms with E-state index in [9.17, 15) is 9.59 Å². The van der Waals surface area contributed by atoms with Gasteiger partial charge in [0, 0.05) is 45.9 Å². The number of ether oxygens (including phenoxy) is 1. The van der Waals surface area contributed by atoms with Crippen LogP contribution in [0.25, 0.3) is 0 Å². The van der Waals surface area contributed by atoms with E-state index in [2.05, 4.69) is 5.32 Å². The van der Waals surface area contributed by atoms with Crippen molar-refractivity contribution in [2.75, 3.05) is 46.4 Å². The Hall–Kier alpha value is -1.14. The average Bonchev–Trinajstić information content (AvgIpc) is 2.54. The van der Waals surface area contributed by atoms with Gasteiger partial charge in [-0.05, 0) is 32.1 Å². The molecule has 1 saturated carbocycles. The Balaban J connectivity index is 1.63. The number of piperazine rings is 1. The van der Waals surface area contributed by atoms with Crippen molar-refractivity contribution in [3.05, 3.63) is 0 Å². The van der Waals surface area contributed by atoms with Crippen LogP contribution in [0.5, 0.6) is 0 Å². The van der Waals surface area contributed by atoms with Crippen molar-refractivity contribution in [1.82, 2.24) is 15.1 Å². The summed E-state index contributed by atoms with van der Waals surface area (Å²) in [5, 5.41) is 3.12. The van der Waals surface area contributed by atoms with E-state index in [1.807, 2.05) is 9.80 Å². The summed E-state index contributed by atoms with van der Waals surface area (Å²) in [7, 11) is 1.70. The third kappa shape index (κ3) is 3.38. The Morgan fingerprint density at radius 2 is 2.17 bits per heavy atom. The van der Waals surface area contributed by atoms with Gasteiger partial charge in [0.1, 0.15) is 0 Å². The molecule has 0 bridgehead atoms. The molecule has 6 heteroatoms. The van der Waals surface area contributed by atoms with Gasteiger partial charge in [0.15, 0.2) is 0 Å². The molecule has 0 aromatic carbocycles. The van der Waals surface area contributed by atoms with Crippen molar-refractivity contribution in [3.8, 4) is 0 Å². The Morgan fingerprint density at radius 1 is 1.35 bits per heavy atom. The SMILES string of the molecule is COCCC1(C(=O)N2CCCC(N3CCNCC3=O)C2)CCC1. The van der Waals surface area contributed by atoms with Gasteiger partial charge in [-0.15, -0.1) is 0 Å². The van der Waals surface area contributed by atoms with Crippen molar-refractivity contribution >= 4 is 11.8 Å². The summed E-state index contributed by atoms with van der Waals surface area (Å²) < 4.78 is 5.21. The van der Waals surface area contributed by atoms with Gasteiger partial charge < -0.3 is 19.9 Å². The summed E-state index contributed by atoms with van der Waals surface area (Å²) >= 11 is 0. The quantitative estimate of drug-likeness (QED) is 0.805. The van der Waals surface area contributed by atoms with Crippen LogP contribution in [-0.2, 0) is 14.3 Å². The smallest absolute Gasteiger partial charge is 0.236 e. The Kier molecular flexibility index (Phi) is 5.21. The molecule has 1 unspecified atom stereocenters. The zero-order chi connectivity index (χ0) is 16.3. The van der Waals surface area contributed by atoms with Crippen molar-refractivity contribution in [2.24, 2.45) is 5.41 Å². The maximum atomic E-state index is 13.1. The summed E-state index contributed by atoms with van der Waals surface area (Å²) in [4.78, 5) is 29.2. The van der Waals surface area contributed by atoms with Crippen LogP contribution in [0.3, 0.4) is 0 Å². The number of carbonyl (C=O) groups is 2. The molecule has 2 aliphatic heterocycles. The van der Waals surface area contributed by atoms with Crippen LogP contribution in [0.1, 0.15) is 38.5 Å². The van der Waals surface area contributed by atoms with E-state index in [-0.39, 0.29) is 17.4 Å². The first-order valence-electron chi connectivity index (χ1n) is 8.95. The van der Waals surface area contributed by atoms with Gasteiger partial charge >= 0.3 is 0 Å². The fourth-order valence-corrected chi connectivity index (χ4v) is 4.21. The predicted molar refractivity (Wildman–Crippen MR) is 87.0 cm³/mol. The van der Waals surface area contributed by atoms with Crippen LogP contribution in [0.4, 0.5) is 0 Å². The zero-order valence-electron chi connectivity index (χ0n) is 14.2. The molecular formula is C17H29N3O3. The highest BCUT2D eigenvalue weighted by Crippen LogP contribution is 2.46. The molecule has 3 aliphatic rings. The highest BCUT2D eigenvalue weighted by atomic mass is 16.5. The number of nitrogens with one attached hydrogen (secondary N) is 1. The molecule has 0 spiro atoms. The summed E-state index contributed by atoms with van der Waals surface area (Å²) in [5.74, 6) is 0.473. The number of rotatable bonds is 5. The average molecular weight is 323 g/mol. The number of nitrogens with zero attached hydrogens (tertiary/aromatic N) is 2. The summed E-state index contributed by atoms with van der Waals surface area (Å²) in [6.07, 6.45) is 5.96. The topological polar surface area (TPSA) is 61.9 Å². The lowest BCUT2D eigenvalue weighted by atomic mass is 9.65. The minimum absolute atomic E-state index is 0.174. The van der Waals surface area contributed by atoms with Gasteiger partial charge in [-0.3, -0.25) is 9.59 Å². The zero-order valence-corrected chi connectivity index (χ0v) is 14.2. The number of carbonyl (C=O) groups excluding carboxylic acids is 2. The molecule has 3 fully saturated rings. The lowest BCUT2D eigenvalue weighted by Crippen LogP contribution is -2.59. The van der Waals surface area contributed by atoms with E-state index in [0.717, 1.165) is 58.2 Å². The van der Waals surface area contributed by atoms with Gasteiger partial charge in [0.25, 0.3) is 0 Å². The number of hydrogen-bond acceptors (Lipinski definition) is 4. The monoisotopic (exact) mass is 323 g/mol. The maximum absolute atomic E-state index is 13.1. The van der Waals surface area contributed by atoms with Crippen LogP contribution < -0.4 is 5.32 Å². The van der Waals surface area contributed by atoms with Gasteiger partial charge in [-0.2, -0.15) is 0 Å². The molecule has 2 amide bonds. The van der Waals surface area contributed by atoms with Crippen LogP contribution >= 0.6 is 0 Å². The van der Waals surface area contributed by atoms with Gasteiger partial charge in [-0.1, -0.05) is 6.42 Å². The van der Waals surface area contributed by atoms with E-state index >= 15 is 0 Å². The van der Waals surface area contributed by atoms with Gasteiger partial charge in [-0.25, -0.2) is 0 Å². The molecule has 0 radical (unpaired) electrons.